The molecule has 0 saturated carbocycles. The Hall–Kier alpha value is -3.54. The Bertz CT molecular complexity index is 1040. The van der Waals surface area contributed by atoms with Crippen molar-refractivity contribution in [3.05, 3.63) is 78.6 Å². The van der Waals surface area contributed by atoms with Crippen molar-refractivity contribution in [2.45, 2.75) is 32.2 Å². The van der Waals surface area contributed by atoms with E-state index >= 15 is 0 Å². The lowest BCUT2D eigenvalue weighted by atomic mass is 10.0. The summed E-state index contributed by atoms with van der Waals surface area (Å²) in [6, 6.07) is 21.4. The van der Waals surface area contributed by atoms with E-state index < -0.39 is 0 Å². The summed E-state index contributed by atoms with van der Waals surface area (Å²) in [5, 5.41) is 7.76. The summed E-state index contributed by atoms with van der Waals surface area (Å²) in [6.07, 6.45) is 4.39. The number of nitrogens with zero attached hydrogens (tertiary/aromatic N) is 4. The van der Waals surface area contributed by atoms with Crippen LogP contribution in [0.1, 0.15) is 36.7 Å². The summed E-state index contributed by atoms with van der Waals surface area (Å²) in [5.74, 6) is -0.324. The van der Waals surface area contributed by atoms with Gasteiger partial charge in [0.15, 0.2) is 5.69 Å². The largest absolute Gasteiger partial charge is 0.323 e. The smallest absolute Gasteiger partial charge is 0.275 e. The van der Waals surface area contributed by atoms with Crippen LogP contribution in [0.15, 0.2) is 72.9 Å². The maximum Gasteiger partial charge on any atom is 0.275 e. The number of rotatable bonds is 6. The number of hydrogen-bond donors (Lipinski definition) is 0. The Morgan fingerprint density at radius 3 is 2.58 bits per heavy atom. The van der Waals surface area contributed by atoms with E-state index in [1.165, 1.54) is 6.20 Å². The molecule has 2 amide bonds. The third kappa shape index (κ3) is 4.63. The normalized spacial score (nSPS) is 16.4. The fourth-order valence-electron chi connectivity index (χ4n) is 3.99. The highest BCUT2D eigenvalue weighted by molar-refractivity contribution is 6.01. The van der Waals surface area contributed by atoms with E-state index in [9.17, 15) is 9.59 Å². The Labute approximate surface area is 182 Å². The molecule has 0 unspecified atom stereocenters. The molecule has 1 aromatic heterocycles. The molecule has 0 radical (unpaired) electrons. The van der Waals surface area contributed by atoms with Crippen molar-refractivity contribution in [3.63, 3.8) is 0 Å². The highest BCUT2D eigenvalue weighted by Gasteiger charge is 2.36. The molecule has 6 nitrogen and oxygen atoms in total. The van der Waals surface area contributed by atoms with Crippen LogP contribution in [-0.4, -0.2) is 46.0 Å². The van der Waals surface area contributed by atoms with E-state index in [-0.39, 0.29) is 30.1 Å². The SMILES string of the molecule is CCCC[C@@H]1CN(c2cccc(-c3ccccc3)c2)C(=O)CN1C(=O)c1cccnn1. The Kier molecular flexibility index (Phi) is 6.36. The first-order valence-electron chi connectivity index (χ1n) is 10.7. The van der Waals surface area contributed by atoms with Crippen molar-refractivity contribution in [3.8, 4) is 11.1 Å². The van der Waals surface area contributed by atoms with E-state index in [1.807, 2.05) is 47.4 Å². The summed E-state index contributed by atoms with van der Waals surface area (Å²) < 4.78 is 0. The maximum atomic E-state index is 13.1. The molecule has 3 aromatic rings. The molecule has 1 saturated heterocycles. The molecule has 1 aliphatic heterocycles. The van der Waals surface area contributed by atoms with Crippen LogP contribution in [-0.2, 0) is 4.79 Å². The summed E-state index contributed by atoms with van der Waals surface area (Å²) in [4.78, 5) is 29.6. The van der Waals surface area contributed by atoms with Crippen LogP contribution >= 0.6 is 0 Å². The predicted molar refractivity (Wildman–Crippen MR) is 121 cm³/mol. The highest BCUT2D eigenvalue weighted by atomic mass is 16.2. The molecule has 0 N–H and O–H groups in total. The molecule has 2 aromatic carbocycles. The molecule has 6 heteroatoms. The van der Waals surface area contributed by atoms with Crippen LogP contribution in [0.5, 0.6) is 0 Å². The fraction of sp³-hybridized carbons (Fsp3) is 0.280. The molecule has 1 fully saturated rings. The maximum absolute atomic E-state index is 13.1. The number of anilines is 1. The Balaban J connectivity index is 1.60. The van der Waals surface area contributed by atoms with Gasteiger partial charge in [0, 0.05) is 18.4 Å². The molecule has 1 atom stereocenters. The second-order valence-electron chi connectivity index (χ2n) is 7.76. The summed E-state index contributed by atoms with van der Waals surface area (Å²) in [5.41, 5.74) is 3.31. The standard InChI is InChI=1S/C25H26N4O2/c1-2-3-12-22-17-28(21-13-7-11-20(16-21)19-9-5-4-6-10-19)24(30)18-29(22)25(31)23-14-8-15-26-27-23/h4-11,13-16,22H,2-3,12,17-18H2,1H3/t22-/m1/s1. The summed E-state index contributed by atoms with van der Waals surface area (Å²) in [6.45, 7) is 2.65. The number of unbranched alkanes of at least 4 members (excludes halogenated alkanes) is 1. The van der Waals surface area contributed by atoms with Crippen LogP contribution < -0.4 is 4.90 Å². The van der Waals surface area contributed by atoms with Gasteiger partial charge in [0.1, 0.15) is 6.54 Å². The molecule has 4 rings (SSSR count). The van der Waals surface area contributed by atoms with Gasteiger partial charge in [-0.2, -0.15) is 5.10 Å². The van der Waals surface area contributed by atoms with Crippen molar-refractivity contribution in [1.82, 2.24) is 15.1 Å². The van der Waals surface area contributed by atoms with Gasteiger partial charge in [0.25, 0.3) is 5.91 Å². The topological polar surface area (TPSA) is 66.4 Å². The highest BCUT2D eigenvalue weighted by Crippen LogP contribution is 2.28. The van der Waals surface area contributed by atoms with Gasteiger partial charge in [-0.15, -0.1) is 5.10 Å². The predicted octanol–water partition coefficient (Wildman–Crippen LogP) is 4.19. The zero-order valence-electron chi connectivity index (χ0n) is 17.6. The first-order chi connectivity index (χ1) is 15.2. The number of piperazine rings is 1. The monoisotopic (exact) mass is 414 g/mol. The molecule has 1 aliphatic rings. The Morgan fingerprint density at radius 1 is 1.03 bits per heavy atom. The van der Waals surface area contributed by atoms with Gasteiger partial charge in [0.05, 0.1) is 6.04 Å². The van der Waals surface area contributed by atoms with Crippen LogP contribution in [0, 0.1) is 0 Å². The van der Waals surface area contributed by atoms with Crippen molar-refractivity contribution in [2.24, 2.45) is 0 Å². The molecule has 158 valence electrons. The van der Waals surface area contributed by atoms with E-state index in [1.54, 1.807) is 17.0 Å². The lowest BCUT2D eigenvalue weighted by molar-refractivity contribution is -0.121. The van der Waals surface area contributed by atoms with Gasteiger partial charge in [-0.25, -0.2) is 0 Å². The molecule has 31 heavy (non-hydrogen) atoms. The van der Waals surface area contributed by atoms with Crippen LogP contribution in [0.3, 0.4) is 0 Å². The number of carbonyl (C=O) groups excluding carboxylic acids is 2. The van der Waals surface area contributed by atoms with E-state index in [0.29, 0.717) is 6.54 Å². The quantitative estimate of drug-likeness (QED) is 0.607. The average molecular weight is 415 g/mol. The molecular weight excluding hydrogens is 388 g/mol. The lowest BCUT2D eigenvalue weighted by Crippen LogP contribution is -2.58. The van der Waals surface area contributed by atoms with Crippen molar-refractivity contribution in [1.29, 1.82) is 0 Å². The lowest BCUT2D eigenvalue weighted by Gasteiger charge is -2.41. The minimum atomic E-state index is -0.236. The molecule has 0 spiro atoms. The van der Waals surface area contributed by atoms with E-state index in [2.05, 4.69) is 29.3 Å². The Morgan fingerprint density at radius 2 is 1.84 bits per heavy atom. The van der Waals surface area contributed by atoms with Crippen molar-refractivity contribution >= 4 is 17.5 Å². The zero-order chi connectivity index (χ0) is 21.6. The summed E-state index contributed by atoms with van der Waals surface area (Å²) >= 11 is 0. The average Bonchev–Trinajstić information content (AvgIpc) is 2.84. The fourth-order valence-corrected chi connectivity index (χ4v) is 3.99. The minimum Gasteiger partial charge on any atom is -0.323 e. The van der Waals surface area contributed by atoms with Gasteiger partial charge < -0.3 is 9.80 Å². The first-order valence-corrected chi connectivity index (χ1v) is 10.7. The van der Waals surface area contributed by atoms with Crippen molar-refractivity contribution in [2.75, 3.05) is 18.0 Å². The van der Waals surface area contributed by atoms with E-state index in [4.69, 9.17) is 0 Å². The number of hydrogen-bond acceptors (Lipinski definition) is 4. The minimum absolute atomic E-state index is 0.0410. The van der Waals surface area contributed by atoms with Gasteiger partial charge in [-0.3, -0.25) is 9.59 Å². The number of amides is 2. The number of benzene rings is 2. The second-order valence-corrected chi connectivity index (χ2v) is 7.76. The van der Waals surface area contributed by atoms with Gasteiger partial charge in [0.2, 0.25) is 5.91 Å². The third-order valence-corrected chi connectivity index (χ3v) is 5.65. The van der Waals surface area contributed by atoms with Gasteiger partial charge in [-0.05, 0) is 41.8 Å². The van der Waals surface area contributed by atoms with Crippen molar-refractivity contribution < 1.29 is 9.59 Å². The van der Waals surface area contributed by atoms with Crippen LogP contribution in [0.25, 0.3) is 11.1 Å². The third-order valence-electron chi connectivity index (χ3n) is 5.65. The second kappa shape index (κ2) is 9.51. The van der Waals surface area contributed by atoms with Gasteiger partial charge in [-0.1, -0.05) is 62.2 Å². The van der Waals surface area contributed by atoms with E-state index in [0.717, 1.165) is 36.1 Å². The zero-order valence-corrected chi connectivity index (χ0v) is 17.6. The summed E-state index contributed by atoms with van der Waals surface area (Å²) in [7, 11) is 0. The molecule has 0 aliphatic carbocycles. The van der Waals surface area contributed by atoms with Crippen LogP contribution in [0.4, 0.5) is 5.69 Å². The molecule has 2 heterocycles. The molecule has 0 bridgehead atoms. The molecular formula is C25H26N4O2. The van der Waals surface area contributed by atoms with Crippen LogP contribution in [0.2, 0.25) is 0 Å². The number of carbonyl (C=O) groups is 2. The number of aromatic nitrogens is 2. The first kappa shape index (κ1) is 20.7. The van der Waals surface area contributed by atoms with Gasteiger partial charge >= 0.3 is 0 Å².